The molecular weight excluding hydrogens is 202 g/mol. The van der Waals surface area contributed by atoms with Crippen molar-refractivity contribution in [2.45, 2.75) is 6.42 Å². The maximum Gasteiger partial charge on any atom is 0.239 e. The quantitative estimate of drug-likeness (QED) is 0.756. The summed E-state index contributed by atoms with van der Waals surface area (Å²) in [6.07, 6.45) is 1.03. The van der Waals surface area contributed by atoms with Crippen LogP contribution in [0.3, 0.4) is 0 Å². The van der Waals surface area contributed by atoms with E-state index in [-0.39, 0.29) is 5.91 Å². The molecule has 1 aromatic carbocycles. The van der Waals surface area contributed by atoms with Crippen molar-refractivity contribution in [3.05, 3.63) is 29.8 Å². The fraction of sp³-hybridized carbons (Fsp3) is 0.417. The van der Waals surface area contributed by atoms with E-state index < -0.39 is 0 Å². The lowest BCUT2D eigenvalue weighted by Crippen LogP contribution is -2.38. The summed E-state index contributed by atoms with van der Waals surface area (Å²) >= 11 is 0. The van der Waals surface area contributed by atoms with Gasteiger partial charge in [0.25, 0.3) is 0 Å². The number of nitrogens with two attached hydrogens (primary N) is 1. The van der Waals surface area contributed by atoms with E-state index in [2.05, 4.69) is 22.3 Å². The van der Waals surface area contributed by atoms with Gasteiger partial charge in [-0.2, -0.15) is 0 Å². The van der Waals surface area contributed by atoms with E-state index >= 15 is 0 Å². The molecule has 0 saturated carbocycles. The predicted molar refractivity (Wildman–Crippen MR) is 64.4 cm³/mol. The van der Waals surface area contributed by atoms with Crippen LogP contribution in [0.2, 0.25) is 0 Å². The summed E-state index contributed by atoms with van der Waals surface area (Å²) in [5, 5.41) is 2.78. The number of fused-ring (bicyclic) bond motifs is 1. The largest absolute Gasteiger partial charge is 0.362 e. The first kappa shape index (κ1) is 11.0. The Bertz CT molecular complexity index is 378. The van der Waals surface area contributed by atoms with Crippen LogP contribution in [0.15, 0.2) is 24.3 Å². The van der Waals surface area contributed by atoms with Crippen molar-refractivity contribution in [1.82, 2.24) is 5.32 Å². The second kappa shape index (κ2) is 4.99. The number of amides is 1. The third kappa shape index (κ3) is 2.33. The monoisotopic (exact) mass is 219 g/mol. The third-order valence-electron chi connectivity index (χ3n) is 2.78. The summed E-state index contributed by atoms with van der Waals surface area (Å²) in [5.74, 6) is 0.0437. The van der Waals surface area contributed by atoms with Crippen LogP contribution >= 0.6 is 0 Å². The fourth-order valence-electron chi connectivity index (χ4n) is 2.01. The molecule has 1 aliphatic rings. The van der Waals surface area contributed by atoms with Crippen molar-refractivity contribution in [2.24, 2.45) is 5.73 Å². The van der Waals surface area contributed by atoms with Crippen LogP contribution in [0.4, 0.5) is 5.69 Å². The van der Waals surface area contributed by atoms with Crippen LogP contribution in [0.1, 0.15) is 5.56 Å². The van der Waals surface area contributed by atoms with Crippen molar-refractivity contribution < 1.29 is 4.79 Å². The Morgan fingerprint density at radius 1 is 1.44 bits per heavy atom. The normalized spacial score (nSPS) is 13.7. The summed E-state index contributed by atoms with van der Waals surface area (Å²) in [6, 6.07) is 8.23. The van der Waals surface area contributed by atoms with Gasteiger partial charge in [0.2, 0.25) is 5.91 Å². The first-order valence-electron chi connectivity index (χ1n) is 5.61. The summed E-state index contributed by atoms with van der Waals surface area (Å²) in [7, 11) is 0. The molecule has 86 valence electrons. The maximum atomic E-state index is 11.6. The molecule has 2 rings (SSSR count). The molecule has 0 atom stereocenters. The van der Waals surface area contributed by atoms with Crippen molar-refractivity contribution >= 4 is 11.6 Å². The number of carbonyl (C=O) groups excluding carboxylic acids is 1. The van der Waals surface area contributed by atoms with Crippen molar-refractivity contribution in [2.75, 3.05) is 31.1 Å². The van der Waals surface area contributed by atoms with E-state index in [1.54, 1.807) is 0 Å². The molecule has 0 aliphatic carbocycles. The Hall–Kier alpha value is -1.55. The molecule has 0 aromatic heterocycles. The molecule has 0 radical (unpaired) electrons. The summed E-state index contributed by atoms with van der Waals surface area (Å²) in [5.41, 5.74) is 7.85. The van der Waals surface area contributed by atoms with Gasteiger partial charge in [0.05, 0.1) is 6.54 Å². The molecule has 0 bridgehead atoms. The summed E-state index contributed by atoms with van der Waals surface area (Å²) in [6.45, 7) is 2.39. The minimum atomic E-state index is 0.0437. The zero-order chi connectivity index (χ0) is 11.4. The van der Waals surface area contributed by atoms with Crippen LogP contribution < -0.4 is 16.0 Å². The Morgan fingerprint density at radius 2 is 2.25 bits per heavy atom. The van der Waals surface area contributed by atoms with Gasteiger partial charge >= 0.3 is 0 Å². The van der Waals surface area contributed by atoms with Crippen molar-refractivity contribution in [1.29, 1.82) is 0 Å². The van der Waals surface area contributed by atoms with Crippen LogP contribution in [-0.4, -0.2) is 32.1 Å². The number of hydrogen-bond donors (Lipinski definition) is 2. The molecule has 0 unspecified atom stereocenters. The average molecular weight is 219 g/mol. The first-order valence-corrected chi connectivity index (χ1v) is 5.61. The molecule has 0 spiro atoms. The highest BCUT2D eigenvalue weighted by atomic mass is 16.2. The number of hydrogen-bond acceptors (Lipinski definition) is 3. The van der Waals surface area contributed by atoms with Gasteiger partial charge in [-0.25, -0.2) is 0 Å². The maximum absolute atomic E-state index is 11.6. The number of nitrogens with one attached hydrogen (secondary N) is 1. The summed E-state index contributed by atoms with van der Waals surface area (Å²) in [4.78, 5) is 13.7. The van der Waals surface area contributed by atoms with Gasteiger partial charge in [-0.15, -0.1) is 0 Å². The predicted octanol–water partition coefficient (Wildman–Crippen LogP) is 0.124. The Labute approximate surface area is 95.4 Å². The molecule has 1 heterocycles. The molecule has 1 amide bonds. The van der Waals surface area contributed by atoms with Gasteiger partial charge in [0.15, 0.2) is 0 Å². The standard InChI is InChI=1S/C12H17N3O/c13-6-7-14-12(16)9-15-8-5-10-3-1-2-4-11(10)15/h1-4H,5-9,13H2,(H,14,16). The van der Waals surface area contributed by atoms with Gasteiger partial charge in [-0.3, -0.25) is 4.79 Å². The Kier molecular flexibility index (Phi) is 3.41. The number of anilines is 1. The van der Waals surface area contributed by atoms with Crippen LogP contribution in [0, 0.1) is 0 Å². The van der Waals surface area contributed by atoms with E-state index in [0.29, 0.717) is 19.6 Å². The fourth-order valence-corrected chi connectivity index (χ4v) is 2.01. The van der Waals surface area contributed by atoms with E-state index in [4.69, 9.17) is 5.73 Å². The zero-order valence-corrected chi connectivity index (χ0v) is 9.28. The lowest BCUT2D eigenvalue weighted by atomic mass is 10.2. The molecule has 0 fully saturated rings. The number of rotatable bonds is 4. The molecule has 16 heavy (non-hydrogen) atoms. The molecule has 4 heteroatoms. The number of para-hydroxylation sites is 1. The minimum absolute atomic E-state index is 0.0437. The number of benzene rings is 1. The number of nitrogens with zero attached hydrogens (tertiary/aromatic N) is 1. The molecule has 4 nitrogen and oxygen atoms in total. The van der Waals surface area contributed by atoms with E-state index in [1.807, 2.05) is 12.1 Å². The second-order valence-electron chi connectivity index (χ2n) is 3.94. The lowest BCUT2D eigenvalue weighted by Gasteiger charge is -2.18. The van der Waals surface area contributed by atoms with Crippen LogP contribution in [-0.2, 0) is 11.2 Å². The Morgan fingerprint density at radius 3 is 3.06 bits per heavy atom. The molecule has 1 aliphatic heterocycles. The summed E-state index contributed by atoms with van der Waals surface area (Å²) < 4.78 is 0. The average Bonchev–Trinajstić information content (AvgIpc) is 2.70. The highest BCUT2D eigenvalue weighted by Crippen LogP contribution is 2.26. The van der Waals surface area contributed by atoms with Crippen molar-refractivity contribution in [3.63, 3.8) is 0 Å². The molecule has 3 N–H and O–H groups in total. The highest BCUT2D eigenvalue weighted by molar-refractivity contribution is 5.82. The van der Waals surface area contributed by atoms with E-state index in [1.165, 1.54) is 11.3 Å². The van der Waals surface area contributed by atoms with Gasteiger partial charge in [-0.1, -0.05) is 18.2 Å². The van der Waals surface area contributed by atoms with Crippen molar-refractivity contribution in [3.8, 4) is 0 Å². The van der Waals surface area contributed by atoms with Gasteiger partial charge in [0, 0.05) is 25.3 Å². The van der Waals surface area contributed by atoms with Gasteiger partial charge < -0.3 is 16.0 Å². The van der Waals surface area contributed by atoms with Crippen LogP contribution in [0.25, 0.3) is 0 Å². The molecule has 0 saturated heterocycles. The topological polar surface area (TPSA) is 58.4 Å². The Balaban J connectivity index is 1.95. The van der Waals surface area contributed by atoms with E-state index in [0.717, 1.165) is 13.0 Å². The van der Waals surface area contributed by atoms with Crippen LogP contribution in [0.5, 0.6) is 0 Å². The lowest BCUT2D eigenvalue weighted by molar-refractivity contribution is -0.119. The third-order valence-corrected chi connectivity index (χ3v) is 2.78. The zero-order valence-electron chi connectivity index (χ0n) is 9.28. The van der Waals surface area contributed by atoms with Gasteiger partial charge in [0.1, 0.15) is 0 Å². The second-order valence-corrected chi connectivity index (χ2v) is 3.94. The highest BCUT2D eigenvalue weighted by Gasteiger charge is 2.19. The molecule has 1 aromatic rings. The number of carbonyl (C=O) groups is 1. The van der Waals surface area contributed by atoms with E-state index in [9.17, 15) is 4.79 Å². The first-order chi connectivity index (χ1) is 7.81. The van der Waals surface area contributed by atoms with Gasteiger partial charge in [-0.05, 0) is 18.1 Å². The minimum Gasteiger partial charge on any atom is -0.362 e. The SMILES string of the molecule is NCCNC(=O)CN1CCc2ccccc21. The smallest absolute Gasteiger partial charge is 0.239 e. The molecular formula is C12H17N3O.